The number of hydrogen-bond acceptors (Lipinski definition) is 4. The summed E-state index contributed by atoms with van der Waals surface area (Å²) in [5.74, 6) is 1.22. The average Bonchev–Trinajstić information content (AvgIpc) is 3.02. The Kier molecular flexibility index (Phi) is 4.06. The van der Waals surface area contributed by atoms with Gasteiger partial charge in [0.1, 0.15) is 0 Å². The van der Waals surface area contributed by atoms with Crippen molar-refractivity contribution in [1.29, 1.82) is 0 Å². The Balaban J connectivity index is 1.55. The first-order chi connectivity index (χ1) is 12.2. The molecule has 5 nitrogen and oxygen atoms in total. The standard InChI is InChI=1S/C20H19N3O2/c1-14-21-19(25-22-14)17-12-23(13-17)20(24)18(15-8-4-2-5-9-15)16-10-6-3-7-11-16/h2-11,17-18H,12-13H2,1H3. The third-order valence-corrected chi connectivity index (χ3v) is 4.60. The molecule has 126 valence electrons. The van der Waals surface area contributed by atoms with Crippen LogP contribution in [0, 0.1) is 6.92 Å². The molecule has 2 heterocycles. The molecule has 0 bridgehead atoms. The Bertz CT molecular complexity index is 815. The predicted octanol–water partition coefficient (Wildman–Crippen LogP) is 3.14. The van der Waals surface area contributed by atoms with Gasteiger partial charge >= 0.3 is 0 Å². The van der Waals surface area contributed by atoms with E-state index in [0.717, 1.165) is 11.1 Å². The fourth-order valence-corrected chi connectivity index (χ4v) is 3.24. The van der Waals surface area contributed by atoms with Gasteiger partial charge in [-0.15, -0.1) is 0 Å². The molecular weight excluding hydrogens is 314 g/mol. The lowest BCUT2D eigenvalue weighted by Gasteiger charge is -2.39. The number of aromatic nitrogens is 2. The first-order valence-corrected chi connectivity index (χ1v) is 8.41. The third-order valence-electron chi connectivity index (χ3n) is 4.60. The van der Waals surface area contributed by atoms with Gasteiger partial charge in [0.15, 0.2) is 5.82 Å². The van der Waals surface area contributed by atoms with E-state index in [-0.39, 0.29) is 17.7 Å². The second kappa shape index (κ2) is 6.51. The molecular formula is C20H19N3O2. The molecule has 5 heteroatoms. The number of nitrogens with zero attached hydrogens (tertiary/aromatic N) is 3. The second-order valence-electron chi connectivity index (χ2n) is 6.37. The first kappa shape index (κ1) is 15.6. The highest BCUT2D eigenvalue weighted by Crippen LogP contribution is 2.32. The van der Waals surface area contributed by atoms with Crippen molar-refractivity contribution in [3.8, 4) is 0 Å². The van der Waals surface area contributed by atoms with Crippen LogP contribution in [0.3, 0.4) is 0 Å². The maximum Gasteiger partial charge on any atom is 0.234 e. The van der Waals surface area contributed by atoms with Crippen molar-refractivity contribution in [2.45, 2.75) is 18.8 Å². The number of benzene rings is 2. The summed E-state index contributed by atoms with van der Waals surface area (Å²) in [5, 5.41) is 3.83. The van der Waals surface area contributed by atoms with Gasteiger partial charge in [0.25, 0.3) is 0 Å². The quantitative estimate of drug-likeness (QED) is 0.736. The van der Waals surface area contributed by atoms with Crippen molar-refractivity contribution < 1.29 is 9.32 Å². The van der Waals surface area contributed by atoms with Crippen LogP contribution in [-0.4, -0.2) is 34.0 Å². The molecule has 1 fully saturated rings. The van der Waals surface area contributed by atoms with Crippen molar-refractivity contribution in [3.05, 3.63) is 83.5 Å². The van der Waals surface area contributed by atoms with Gasteiger partial charge in [-0.05, 0) is 18.1 Å². The van der Waals surface area contributed by atoms with E-state index in [2.05, 4.69) is 10.1 Å². The molecule has 4 rings (SSSR count). The molecule has 0 aliphatic carbocycles. The van der Waals surface area contributed by atoms with Gasteiger partial charge in [-0.1, -0.05) is 65.8 Å². The normalized spacial score (nSPS) is 14.6. The summed E-state index contributed by atoms with van der Waals surface area (Å²) in [7, 11) is 0. The van der Waals surface area contributed by atoms with Crippen LogP contribution in [0.15, 0.2) is 65.2 Å². The Morgan fingerprint density at radius 1 is 1.04 bits per heavy atom. The molecule has 1 amide bonds. The minimum absolute atomic E-state index is 0.116. The molecule has 0 saturated carbocycles. The molecule has 3 aromatic rings. The third kappa shape index (κ3) is 3.05. The van der Waals surface area contributed by atoms with E-state index in [1.807, 2.05) is 65.6 Å². The van der Waals surface area contributed by atoms with Crippen LogP contribution in [0.25, 0.3) is 0 Å². The summed E-state index contributed by atoms with van der Waals surface area (Å²) in [6, 6.07) is 19.8. The summed E-state index contributed by atoms with van der Waals surface area (Å²) >= 11 is 0. The van der Waals surface area contributed by atoms with Crippen molar-refractivity contribution in [1.82, 2.24) is 15.0 Å². The van der Waals surface area contributed by atoms with Crippen LogP contribution >= 0.6 is 0 Å². The van der Waals surface area contributed by atoms with Crippen LogP contribution in [0.1, 0.15) is 34.7 Å². The number of rotatable bonds is 4. The molecule has 0 atom stereocenters. The van der Waals surface area contributed by atoms with E-state index in [1.54, 1.807) is 6.92 Å². The van der Waals surface area contributed by atoms with Crippen molar-refractivity contribution in [3.63, 3.8) is 0 Å². The number of carbonyl (C=O) groups is 1. The van der Waals surface area contributed by atoms with Gasteiger partial charge in [0, 0.05) is 13.1 Å². The molecule has 2 aromatic carbocycles. The first-order valence-electron chi connectivity index (χ1n) is 8.41. The zero-order valence-corrected chi connectivity index (χ0v) is 14.0. The predicted molar refractivity (Wildman–Crippen MR) is 93.1 cm³/mol. The highest BCUT2D eigenvalue weighted by Gasteiger charge is 2.38. The number of aryl methyl sites for hydroxylation is 1. The maximum absolute atomic E-state index is 13.2. The lowest BCUT2D eigenvalue weighted by atomic mass is 9.88. The molecule has 1 aliphatic heterocycles. The van der Waals surface area contributed by atoms with Gasteiger partial charge < -0.3 is 9.42 Å². The van der Waals surface area contributed by atoms with Gasteiger partial charge in [-0.2, -0.15) is 4.98 Å². The number of likely N-dealkylation sites (tertiary alicyclic amines) is 1. The lowest BCUT2D eigenvalue weighted by Crippen LogP contribution is -2.50. The van der Waals surface area contributed by atoms with Crippen LogP contribution in [0.4, 0.5) is 0 Å². The monoisotopic (exact) mass is 333 g/mol. The van der Waals surface area contributed by atoms with E-state index < -0.39 is 0 Å². The molecule has 0 spiro atoms. The topological polar surface area (TPSA) is 59.2 Å². The van der Waals surface area contributed by atoms with Crippen LogP contribution in [-0.2, 0) is 4.79 Å². The van der Waals surface area contributed by atoms with Crippen molar-refractivity contribution in [2.75, 3.05) is 13.1 Å². The summed E-state index contributed by atoms with van der Waals surface area (Å²) in [6.45, 7) is 3.04. The van der Waals surface area contributed by atoms with Gasteiger partial charge in [-0.25, -0.2) is 0 Å². The van der Waals surface area contributed by atoms with E-state index in [9.17, 15) is 4.79 Å². The molecule has 0 unspecified atom stereocenters. The van der Waals surface area contributed by atoms with Crippen LogP contribution in [0.5, 0.6) is 0 Å². The highest BCUT2D eigenvalue weighted by atomic mass is 16.5. The van der Waals surface area contributed by atoms with Crippen LogP contribution in [0.2, 0.25) is 0 Å². The molecule has 25 heavy (non-hydrogen) atoms. The molecule has 1 aromatic heterocycles. The van der Waals surface area contributed by atoms with Crippen LogP contribution < -0.4 is 0 Å². The largest absolute Gasteiger partial charge is 0.340 e. The lowest BCUT2D eigenvalue weighted by molar-refractivity contribution is -0.136. The smallest absolute Gasteiger partial charge is 0.234 e. The fourth-order valence-electron chi connectivity index (χ4n) is 3.24. The second-order valence-corrected chi connectivity index (χ2v) is 6.37. The van der Waals surface area contributed by atoms with Gasteiger partial charge in [0.05, 0.1) is 11.8 Å². The zero-order chi connectivity index (χ0) is 17.2. The number of amides is 1. The molecule has 0 N–H and O–H groups in total. The molecule has 1 aliphatic rings. The fraction of sp³-hybridized carbons (Fsp3) is 0.250. The van der Waals surface area contributed by atoms with E-state index >= 15 is 0 Å². The Labute approximate surface area is 146 Å². The zero-order valence-electron chi connectivity index (χ0n) is 14.0. The minimum atomic E-state index is -0.284. The van der Waals surface area contributed by atoms with Gasteiger partial charge in [0.2, 0.25) is 11.8 Å². The summed E-state index contributed by atoms with van der Waals surface area (Å²) in [4.78, 5) is 19.3. The van der Waals surface area contributed by atoms with E-state index in [1.165, 1.54) is 0 Å². The number of hydrogen-bond donors (Lipinski definition) is 0. The maximum atomic E-state index is 13.2. The average molecular weight is 333 g/mol. The highest BCUT2D eigenvalue weighted by molar-refractivity contribution is 5.88. The number of carbonyl (C=O) groups excluding carboxylic acids is 1. The van der Waals surface area contributed by atoms with E-state index in [4.69, 9.17) is 4.52 Å². The minimum Gasteiger partial charge on any atom is -0.340 e. The summed E-state index contributed by atoms with van der Waals surface area (Å²) in [6.07, 6.45) is 0. The Morgan fingerprint density at radius 3 is 2.08 bits per heavy atom. The van der Waals surface area contributed by atoms with Gasteiger partial charge in [-0.3, -0.25) is 4.79 Å². The SMILES string of the molecule is Cc1noc(C2CN(C(=O)C(c3ccccc3)c3ccccc3)C2)n1. The van der Waals surface area contributed by atoms with Crippen molar-refractivity contribution >= 4 is 5.91 Å². The summed E-state index contributed by atoms with van der Waals surface area (Å²) in [5.41, 5.74) is 2.02. The Morgan fingerprint density at radius 2 is 1.60 bits per heavy atom. The molecule has 1 saturated heterocycles. The Hall–Kier alpha value is -2.95. The molecule has 0 radical (unpaired) electrons. The van der Waals surface area contributed by atoms with Crippen molar-refractivity contribution in [2.24, 2.45) is 0 Å². The van der Waals surface area contributed by atoms with E-state index in [0.29, 0.717) is 24.8 Å². The summed E-state index contributed by atoms with van der Waals surface area (Å²) < 4.78 is 5.23.